The minimum atomic E-state index is 0.144. The highest BCUT2D eigenvalue weighted by molar-refractivity contribution is 5.63. The highest BCUT2D eigenvalue weighted by Crippen LogP contribution is 2.42. The van der Waals surface area contributed by atoms with Crippen LogP contribution in [0, 0.1) is 0 Å². The van der Waals surface area contributed by atoms with E-state index in [4.69, 9.17) is 5.73 Å². The van der Waals surface area contributed by atoms with Crippen molar-refractivity contribution >= 4 is 0 Å². The SMILES string of the molecule is NCC1(c2cc(-c3ccccc3)ccn2)CCC1. The molecule has 0 atom stereocenters. The molecule has 1 aliphatic rings. The summed E-state index contributed by atoms with van der Waals surface area (Å²) in [5.74, 6) is 0. The van der Waals surface area contributed by atoms with Crippen molar-refractivity contribution in [3.8, 4) is 11.1 Å². The molecular weight excluding hydrogens is 220 g/mol. The third kappa shape index (κ3) is 1.83. The molecule has 0 saturated heterocycles. The first-order chi connectivity index (χ1) is 8.84. The van der Waals surface area contributed by atoms with Crippen molar-refractivity contribution < 1.29 is 0 Å². The molecule has 0 spiro atoms. The summed E-state index contributed by atoms with van der Waals surface area (Å²) in [5, 5.41) is 0. The van der Waals surface area contributed by atoms with Gasteiger partial charge in [0.25, 0.3) is 0 Å². The van der Waals surface area contributed by atoms with Crippen LogP contribution >= 0.6 is 0 Å². The van der Waals surface area contributed by atoms with E-state index in [-0.39, 0.29) is 5.41 Å². The first-order valence-corrected chi connectivity index (χ1v) is 6.56. The molecular formula is C16H18N2. The number of nitrogens with two attached hydrogens (primary N) is 1. The van der Waals surface area contributed by atoms with Gasteiger partial charge in [0, 0.05) is 23.9 Å². The predicted octanol–water partition coefficient (Wildman–Crippen LogP) is 3.13. The minimum Gasteiger partial charge on any atom is -0.330 e. The summed E-state index contributed by atoms with van der Waals surface area (Å²) in [5.41, 5.74) is 9.74. The Morgan fingerprint density at radius 3 is 2.44 bits per heavy atom. The maximum absolute atomic E-state index is 5.95. The molecule has 1 aromatic carbocycles. The third-order valence-electron chi connectivity index (χ3n) is 4.11. The quantitative estimate of drug-likeness (QED) is 0.892. The molecule has 1 saturated carbocycles. The van der Waals surface area contributed by atoms with Gasteiger partial charge >= 0.3 is 0 Å². The molecule has 2 N–H and O–H groups in total. The van der Waals surface area contributed by atoms with E-state index in [1.807, 2.05) is 12.3 Å². The summed E-state index contributed by atoms with van der Waals surface area (Å²) in [4.78, 5) is 4.55. The van der Waals surface area contributed by atoms with E-state index < -0.39 is 0 Å². The fourth-order valence-corrected chi connectivity index (χ4v) is 2.70. The third-order valence-corrected chi connectivity index (χ3v) is 4.11. The highest BCUT2D eigenvalue weighted by atomic mass is 14.8. The van der Waals surface area contributed by atoms with E-state index in [0.717, 1.165) is 5.69 Å². The van der Waals surface area contributed by atoms with Crippen LogP contribution < -0.4 is 5.73 Å². The summed E-state index contributed by atoms with van der Waals surface area (Å²) in [6.07, 6.45) is 5.53. The molecule has 1 aromatic heterocycles. The summed E-state index contributed by atoms with van der Waals surface area (Å²) < 4.78 is 0. The molecule has 18 heavy (non-hydrogen) atoms. The second kappa shape index (κ2) is 4.54. The maximum atomic E-state index is 5.95. The van der Waals surface area contributed by atoms with Crippen molar-refractivity contribution in [3.63, 3.8) is 0 Å². The number of aromatic nitrogens is 1. The Balaban J connectivity index is 1.99. The number of rotatable bonds is 3. The van der Waals surface area contributed by atoms with Crippen molar-refractivity contribution in [2.75, 3.05) is 6.54 Å². The minimum absolute atomic E-state index is 0.144. The Morgan fingerprint density at radius 1 is 1.06 bits per heavy atom. The smallest absolute Gasteiger partial charge is 0.0484 e. The van der Waals surface area contributed by atoms with Gasteiger partial charge in [-0.25, -0.2) is 0 Å². The lowest BCUT2D eigenvalue weighted by Crippen LogP contribution is -2.42. The van der Waals surface area contributed by atoms with Gasteiger partial charge < -0.3 is 5.73 Å². The molecule has 0 bridgehead atoms. The first kappa shape index (κ1) is 11.4. The van der Waals surface area contributed by atoms with Crippen molar-refractivity contribution in [2.24, 2.45) is 5.73 Å². The standard InChI is InChI=1S/C16H18N2/c17-12-16(8-4-9-16)15-11-14(7-10-18-15)13-5-2-1-3-6-13/h1-3,5-7,10-11H,4,8-9,12,17H2. The first-order valence-electron chi connectivity index (χ1n) is 6.56. The van der Waals surface area contributed by atoms with Crippen LogP contribution in [0.4, 0.5) is 0 Å². The lowest BCUT2D eigenvalue weighted by Gasteiger charge is -2.40. The Bertz CT molecular complexity index is 524. The maximum Gasteiger partial charge on any atom is 0.0484 e. The normalized spacial score (nSPS) is 17.2. The zero-order chi connectivity index (χ0) is 12.4. The summed E-state index contributed by atoms with van der Waals surface area (Å²) in [6, 6.07) is 14.7. The van der Waals surface area contributed by atoms with Gasteiger partial charge in [-0.15, -0.1) is 0 Å². The van der Waals surface area contributed by atoms with Gasteiger partial charge in [-0.1, -0.05) is 36.8 Å². The van der Waals surface area contributed by atoms with Crippen LogP contribution in [0.3, 0.4) is 0 Å². The van der Waals surface area contributed by atoms with Crippen LogP contribution in [-0.2, 0) is 5.41 Å². The van der Waals surface area contributed by atoms with Crippen LogP contribution in [0.1, 0.15) is 25.0 Å². The van der Waals surface area contributed by atoms with Gasteiger partial charge in [-0.2, -0.15) is 0 Å². The molecule has 0 unspecified atom stereocenters. The number of pyridine rings is 1. The average molecular weight is 238 g/mol. The van der Waals surface area contributed by atoms with Gasteiger partial charge in [-0.05, 0) is 36.1 Å². The van der Waals surface area contributed by atoms with Gasteiger partial charge in [0.15, 0.2) is 0 Å². The lowest BCUT2D eigenvalue weighted by molar-refractivity contribution is 0.246. The molecule has 92 valence electrons. The fraction of sp³-hybridized carbons (Fsp3) is 0.312. The second-order valence-electron chi connectivity index (χ2n) is 5.13. The fourth-order valence-electron chi connectivity index (χ4n) is 2.70. The van der Waals surface area contributed by atoms with Gasteiger partial charge in [0.05, 0.1) is 0 Å². The van der Waals surface area contributed by atoms with Crippen molar-refractivity contribution in [1.82, 2.24) is 4.98 Å². The molecule has 0 radical (unpaired) electrons. The van der Waals surface area contributed by atoms with Crippen LogP contribution in [0.5, 0.6) is 0 Å². The molecule has 1 aliphatic carbocycles. The van der Waals surface area contributed by atoms with E-state index >= 15 is 0 Å². The Hall–Kier alpha value is -1.67. The van der Waals surface area contributed by atoms with Crippen LogP contribution in [0.2, 0.25) is 0 Å². The average Bonchev–Trinajstić information content (AvgIpc) is 2.40. The number of benzene rings is 1. The van der Waals surface area contributed by atoms with Gasteiger partial charge in [0.1, 0.15) is 0 Å². The molecule has 3 rings (SSSR count). The number of hydrogen-bond acceptors (Lipinski definition) is 2. The van der Waals surface area contributed by atoms with Crippen LogP contribution in [0.15, 0.2) is 48.7 Å². The molecule has 2 nitrogen and oxygen atoms in total. The summed E-state index contributed by atoms with van der Waals surface area (Å²) in [6.45, 7) is 0.707. The van der Waals surface area contributed by atoms with Crippen molar-refractivity contribution in [1.29, 1.82) is 0 Å². The molecule has 2 aromatic rings. The van der Waals surface area contributed by atoms with E-state index in [0.29, 0.717) is 6.54 Å². The zero-order valence-electron chi connectivity index (χ0n) is 10.5. The van der Waals surface area contributed by atoms with Gasteiger partial charge in [0.2, 0.25) is 0 Å². The highest BCUT2D eigenvalue weighted by Gasteiger charge is 2.38. The molecule has 1 fully saturated rings. The number of hydrogen-bond donors (Lipinski definition) is 1. The topological polar surface area (TPSA) is 38.9 Å². The van der Waals surface area contributed by atoms with Crippen LogP contribution in [-0.4, -0.2) is 11.5 Å². The summed E-state index contributed by atoms with van der Waals surface area (Å²) >= 11 is 0. The largest absolute Gasteiger partial charge is 0.330 e. The Kier molecular flexibility index (Phi) is 2.88. The van der Waals surface area contributed by atoms with E-state index in [1.54, 1.807) is 0 Å². The van der Waals surface area contributed by atoms with Crippen LogP contribution in [0.25, 0.3) is 11.1 Å². The van der Waals surface area contributed by atoms with Crippen molar-refractivity contribution in [3.05, 3.63) is 54.4 Å². The zero-order valence-corrected chi connectivity index (χ0v) is 10.5. The Morgan fingerprint density at radius 2 is 1.83 bits per heavy atom. The van der Waals surface area contributed by atoms with E-state index in [2.05, 4.69) is 41.4 Å². The van der Waals surface area contributed by atoms with E-state index in [9.17, 15) is 0 Å². The predicted molar refractivity (Wildman–Crippen MR) is 74.3 cm³/mol. The molecule has 2 heteroatoms. The van der Waals surface area contributed by atoms with Gasteiger partial charge in [-0.3, -0.25) is 4.98 Å². The Labute approximate surface area is 108 Å². The lowest BCUT2D eigenvalue weighted by atomic mass is 9.66. The van der Waals surface area contributed by atoms with Crippen molar-refractivity contribution in [2.45, 2.75) is 24.7 Å². The molecule has 0 amide bonds. The monoisotopic (exact) mass is 238 g/mol. The molecule has 0 aliphatic heterocycles. The van der Waals surface area contributed by atoms with E-state index in [1.165, 1.54) is 30.4 Å². The molecule has 1 heterocycles. The second-order valence-corrected chi connectivity index (χ2v) is 5.13. The number of nitrogens with zero attached hydrogens (tertiary/aromatic N) is 1. The summed E-state index contributed by atoms with van der Waals surface area (Å²) in [7, 11) is 0.